The highest BCUT2D eigenvalue weighted by atomic mass is 19.4. The Morgan fingerprint density at radius 3 is 2.22 bits per heavy atom. The second-order valence-corrected chi connectivity index (χ2v) is 5.37. The molecule has 0 spiro atoms. The Labute approximate surface area is 131 Å². The van der Waals surface area contributed by atoms with Crippen molar-refractivity contribution in [1.82, 2.24) is 15.5 Å². The first-order chi connectivity index (χ1) is 10.8. The van der Waals surface area contributed by atoms with Crippen LogP contribution in [0.1, 0.15) is 35.8 Å². The summed E-state index contributed by atoms with van der Waals surface area (Å²) >= 11 is 0. The van der Waals surface area contributed by atoms with E-state index in [1.807, 2.05) is 31.3 Å². The molecule has 2 aromatic rings. The molecule has 0 fully saturated rings. The van der Waals surface area contributed by atoms with E-state index in [-0.39, 0.29) is 11.5 Å². The number of carbonyl (C=O) groups excluding carboxylic acids is 1. The minimum absolute atomic E-state index is 0.157. The fraction of sp³-hybridized carbons (Fsp3) is 0.312. The van der Waals surface area contributed by atoms with Crippen molar-refractivity contribution in [3.8, 4) is 11.3 Å². The summed E-state index contributed by atoms with van der Waals surface area (Å²) in [4.78, 5) is 11.6. The molecule has 1 heterocycles. The Hall–Kier alpha value is -2.44. The van der Waals surface area contributed by atoms with Crippen LogP contribution in [-0.4, -0.2) is 28.8 Å². The van der Waals surface area contributed by atoms with Crippen LogP contribution in [0.15, 0.2) is 36.4 Å². The van der Waals surface area contributed by atoms with Gasteiger partial charge in [-0.2, -0.15) is 23.4 Å². The van der Waals surface area contributed by atoms with Gasteiger partial charge in [-0.15, -0.1) is 0 Å². The van der Waals surface area contributed by atoms with Crippen molar-refractivity contribution >= 4 is 5.91 Å². The fourth-order valence-corrected chi connectivity index (χ4v) is 1.88. The molecule has 2 rings (SSSR count). The first kappa shape index (κ1) is 16.9. The SMILES string of the molecule is CC(C)c1ccc(-c2ccc(C(=O)NCC(F)(F)F)cc2)nn1. The normalized spacial score (nSPS) is 11.6. The standard InChI is InChI=1S/C16H16F3N3O/c1-10(2)13-7-8-14(22-21-13)11-3-5-12(6-4-11)15(23)20-9-16(17,18)19/h3-8,10H,9H2,1-2H3,(H,20,23). The minimum Gasteiger partial charge on any atom is -0.343 e. The van der Waals surface area contributed by atoms with Crippen molar-refractivity contribution in [2.24, 2.45) is 0 Å². The van der Waals surface area contributed by atoms with E-state index in [2.05, 4.69) is 10.2 Å². The van der Waals surface area contributed by atoms with Crippen LogP contribution in [0, 0.1) is 0 Å². The Bertz CT molecular complexity index is 664. The van der Waals surface area contributed by atoms with E-state index >= 15 is 0 Å². The van der Waals surface area contributed by atoms with Gasteiger partial charge in [0.1, 0.15) is 6.54 Å². The summed E-state index contributed by atoms with van der Waals surface area (Å²) in [5.74, 6) is -0.494. The van der Waals surface area contributed by atoms with Crippen LogP contribution >= 0.6 is 0 Å². The Morgan fingerprint density at radius 2 is 1.74 bits per heavy atom. The van der Waals surface area contributed by atoms with Crippen molar-refractivity contribution in [3.05, 3.63) is 47.7 Å². The van der Waals surface area contributed by atoms with Crippen LogP contribution in [0.25, 0.3) is 11.3 Å². The van der Waals surface area contributed by atoms with Gasteiger partial charge in [-0.3, -0.25) is 4.79 Å². The molecule has 0 radical (unpaired) electrons. The number of aromatic nitrogens is 2. The van der Waals surface area contributed by atoms with Crippen LogP contribution in [-0.2, 0) is 0 Å². The molecule has 0 saturated heterocycles. The summed E-state index contributed by atoms with van der Waals surface area (Å²) < 4.78 is 36.2. The maximum atomic E-state index is 12.1. The van der Waals surface area contributed by atoms with E-state index in [4.69, 9.17) is 0 Å². The largest absolute Gasteiger partial charge is 0.405 e. The van der Waals surface area contributed by atoms with E-state index in [0.717, 1.165) is 11.3 Å². The number of hydrogen-bond donors (Lipinski definition) is 1. The van der Waals surface area contributed by atoms with Gasteiger partial charge in [-0.1, -0.05) is 26.0 Å². The third-order valence-corrected chi connectivity index (χ3v) is 3.17. The fourth-order valence-electron chi connectivity index (χ4n) is 1.88. The van der Waals surface area contributed by atoms with Gasteiger partial charge in [0.2, 0.25) is 0 Å². The highest BCUT2D eigenvalue weighted by Crippen LogP contribution is 2.19. The number of nitrogens with one attached hydrogen (secondary N) is 1. The third kappa shape index (κ3) is 4.77. The van der Waals surface area contributed by atoms with Crippen LogP contribution in [0.2, 0.25) is 0 Å². The molecule has 1 N–H and O–H groups in total. The minimum atomic E-state index is -4.43. The van der Waals surface area contributed by atoms with E-state index in [0.29, 0.717) is 5.69 Å². The van der Waals surface area contributed by atoms with Gasteiger partial charge in [-0.25, -0.2) is 0 Å². The topological polar surface area (TPSA) is 54.9 Å². The van der Waals surface area contributed by atoms with Gasteiger partial charge in [0.25, 0.3) is 5.91 Å². The number of hydrogen-bond acceptors (Lipinski definition) is 3. The summed E-state index contributed by atoms with van der Waals surface area (Å²) in [6, 6.07) is 9.86. The Kier molecular flexibility index (Phi) is 4.98. The Morgan fingerprint density at radius 1 is 1.09 bits per heavy atom. The van der Waals surface area contributed by atoms with Crippen molar-refractivity contribution in [2.75, 3.05) is 6.54 Å². The van der Waals surface area contributed by atoms with E-state index in [1.54, 1.807) is 12.1 Å². The maximum Gasteiger partial charge on any atom is 0.405 e. The third-order valence-electron chi connectivity index (χ3n) is 3.17. The molecule has 0 aliphatic rings. The first-order valence-electron chi connectivity index (χ1n) is 7.05. The summed E-state index contributed by atoms with van der Waals surface area (Å²) in [5, 5.41) is 10.1. The molecule has 0 aliphatic carbocycles. The lowest BCUT2D eigenvalue weighted by molar-refractivity contribution is -0.123. The molecule has 7 heteroatoms. The molecule has 0 saturated carbocycles. The van der Waals surface area contributed by atoms with Gasteiger partial charge in [-0.05, 0) is 30.2 Å². The predicted molar refractivity (Wildman–Crippen MR) is 79.9 cm³/mol. The molecule has 1 aromatic carbocycles. The van der Waals surface area contributed by atoms with E-state index in [1.165, 1.54) is 12.1 Å². The lowest BCUT2D eigenvalue weighted by atomic mass is 10.1. The molecule has 1 amide bonds. The van der Waals surface area contributed by atoms with Crippen LogP contribution < -0.4 is 5.32 Å². The van der Waals surface area contributed by atoms with Crippen LogP contribution in [0.5, 0.6) is 0 Å². The molecule has 0 unspecified atom stereocenters. The van der Waals surface area contributed by atoms with Gasteiger partial charge >= 0.3 is 6.18 Å². The second kappa shape index (κ2) is 6.76. The zero-order chi connectivity index (χ0) is 17.0. The molecule has 0 atom stereocenters. The van der Waals surface area contributed by atoms with Crippen LogP contribution in [0.3, 0.4) is 0 Å². The van der Waals surface area contributed by atoms with Crippen molar-refractivity contribution in [1.29, 1.82) is 0 Å². The van der Waals surface area contributed by atoms with Crippen LogP contribution in [0.4, 0.5) is 13.2 Å². The monoisotopic (exact) mass is 323 g/mol. The Balaban J connectivity index is 2.08. The summed E-state index contributed by atoms with van der Waals surface area (Å²) in [5.41, 5.74) is 2.40. The molecule has 0 aliphatic heterocycles. The average Bonchev–Trinajstić information content (AvgIpc) is 2.52. The summed E-state index contributed by atoms with van der Waals surface area (Å²) in [6.07, 6.45) is -4.43. The lowest BCUT2D eigenvalue weighted by Crippen LogP contribution is -2.33. The van der Waals surface area contributed by atoms with Crippen molar-refractivity contribution < 1.29 is 18.0 Å². The summed E-state index contributed by atoms with van der Waals surface area (Å²) in [6.45, 7) is 2.67. The number of nitrogens with zero attached hydrogens (tertiary/aromatic N) is 2. The quantitative estimate of drug-likeness (QED) is 0.936. The van der Waals surface area contributed by atoms with Gasteiger partial charge in [0.15, 0.2) is 0 Å². The maximum absolute atomic E-state index is 12.1. The van der Waals surface area contributed by atoms with Crippen molar-refractivity contribution in [3.63, 3.8) is 0 Å². The molecule has 4 nitrogen and oxygen atoms in total. The second-order valence-electron chi connectivity index (χ2n) is 5.37. The van der Waals surface area contributed by atoms with E-state index < -0.39 is 18.6 Å². The molecule has 1 aromatic heterocycles. The van der Waals surface area contributed by atoms with E-state index in [9.17, 15) is 18.0 Å². The number of amides is 1. The molecular formula is C16H16F3N3O. The molecule has 23 heavy (non-hydrogen) atoms. The highest BCUT2D eigenvalue weighted by molar-refractivity contribution is 5.94. The number of benzene rings is 1. The summed E-state index contributed by atoms with van der Waals surface area (Å²) in [7, 11) is 0. The number of alkyl halides is 3. The van der Waals surface area contributed by atoms with Gasteiger partial charge in [0, 0.05) is 11.1 Å². The molecular weight excluding hydrogens is 307 g/mol. The molecule has 122 valence electrons. The average molecular weight is 323 g/mol. The smallest absolute Gasteiger partial charge is 0.343 e. The number of halogens is 3. The highest BCUT2D eigenvalue weighted by Gasteiger charge is 2.27. The first-order valence-corrected chi connectivity index (χ1v) is 7.05. The predicted octanol–water partition coefficient (Wildman–Crippen LogP) is 3.56. The molecule has 0 bridgehead atoms. The van der Waals surface area contributed by atoms with Gasteiger partial charge < -0.3 is 5.32 Å². The van der Waals surface area contributed by atoms with Crippen molar-refractivity contribution in [2.45, 2.75) is 25.9 Å². The number of carbonyl (C=O) groups is 1. The zero-order valence-electron chi connectivity index (χ0n) is 12.7. The van der Waals surface area contributed by atoms with Gasteiger partial charge in [0.05, 0.1) is 11.4 Å². The zero-order valence-corrected chi connectivity index (χ0v) is 12.7. The lowest BCUT2D eigenvalue weighted by Gasteiger charge is -2.09. The number of rotatable bonds is 4.